The van der Waals surface area contributed by atoms with Crippen molar-refractivity contribution in [1.82, 2.24) is 19.7 Å². The first-order valence-electron chi connectivity index (χ1n) is 9.98. The number of piperidine rings is 1. The second-order valence-corrected chi connectivity index (χ2v) is 7.41. The van der Waals surface area contributed by atoms with Crippen LogP contribution in [0.25, 0.3) is 5.82 Å². The number of carbonyl (C=O) groups is 1. The summed E-state index contributed by atoms with van der Waals surface area (Å²) < 4.78 is 46.1. The SMILES string of the molecule is COc1ccc(C(F)(F)F)cc1NC(=O)[C@H]1CCCN(c2ccc(-n3ccnc3)nn2)C1. The lowest BCUT2D eigenvalue weighted by Crippen LogP contribution is -2.41. The smallest absolute Gasteiger partial charge is 0.416 e. The highest BCUT2D eigenvalue weighted by Gasteiger charge is 2.32. The topological polar surface area (TPSA) is 85.2 Å². The highest BCUT2D eigenvalue weighted by Crippen LogP contribution is 2.35. The van der Waals surface area contributed by atoms with Crippen LogP contribution in [-0.2, 0) is 11.0 Å². The lowest BCUT2D eigenvalue weighted by molar-refractivity contribution is -0.137. The van der Waals surface area contributed by atoms with Crippen LogP contribution in [0.15, 0.2) is 49.1 Å². The predicted octanol–water partition coefficient (Wildman–Crippen LogP) is 3.54. The molecule has 3 heterocycles. The third-order valence-electron chi connectivity index (χ3n) is 5.31. The molecule has 1 aliphatic heterocycles. The van der Waals surface area contributed by atoms with Crippen molar-refractivity contribution in [3.8, 4) is 11.6 Å². The molecule has 168 valence electrons. The number of anilines is 2. The zero-order valence-electron chi connectivity index (χ0n) is 17.2. The number of amides is 1. The molecule has 2 aromatic heterocycles. The number of benzene rings is 1. The molecule has 1 fully saturated rings. The molecule has 0 spiro atoms. The van der Waals surface area contributed by atoms with Gasteiger partial charge in [0.1, 0.15) is 12.1 Å². The van der Waals surface area contributed by atoms with Crippen LogP contribution in [0, 0.1) is 5.92 Å². The van der Waals surface area contributed by atoms with Gasteiger partial charge in [0, 0.05) is 25.5 Å². The number of carbonyl (C=O) groups excluding carboxylic acids is 1. The summed E-state index contributed by atoms with van der Waals surface area (Å²) in [5.41, 5.74) is -0.860. The quantitative estimate of drug-likeness (QED) is 0.645. The van der Waals surface area contributed by atoms with Crippen LogP contribution < -0.4 is 15.0 Å². The maximum Gasteiger partial charge on any atom is 0.416 e. The van der Waals surface area contributed by atoms with E-state index in [0.717, 1.165) is 18.6 Å². The van der Waals surface area contributed by atoms with E-state index in [2.05, 4.69) is 20.5 Å². The zero-order chi connectivity index (χ0) is 22.7. The number of rotatable bonds is 5. The predicted molar refractivity (Wildman–Crippen MR) is 111 cm³/mol. The van der Waals surface area contributed by atoms with Crippen LogP contribution in [0.4, 0.5) is 24.7 Å². The lowest BCUT2D eigenvalue weighted by Gasteiger charge is -2.32. The van der Waals surface area contributed by atoms with E-state index in [9.17, 15) is 18.0 Å². The summed E-state index contributed by atoms with van der Waals surface area (Å²) in [6.45, 7) is 1.09. The third kappa shape index (κ3) is 4.66. The number of ether oxygens (including phenoxy) is 1. The highest BCUT2D eigenvalue weighted by atomic mass is 19.4. The number of imidazole rings is 1. The second-order valence-electron chi connectivity index (χ2n) is 7.41. The molecule has 32 heavy (non-hydrogen) atoms. The van der Waals surface area contributed by atoms with Gasteiger partial charge in [0.25, 0.3) is 0 Å². The van der Waals surface area contributed by atoms with Gasteiger partial charge < -0.3 is 15.0 Å². The van der Waals surface area contributed by atoms with Gasteiger partial charge in [-0.15, -0.1) is 10.2 Å². The molecule has 11 heteroatoms. The minimum absolute atomic E-state index is 0.00562. The Kier molecular flexibility index (Phi) is 5.97. The summed E-state index contributed by atoms with van der Waals surface area (Å²) in [7, 11) is 1.34. The first-order valence-corrected chi connectivity index (χ1v) is 9.98. The van der Waals surface area contributed by atoms with Crippen molar-refractivity contribution in [2.75, 3.05) is 30.4 Å². The van der Waals surface area contributed by atoms with E-state index in [4.69, 9.17) is 4.74 Å². The normalized spacial score (nSPS) is 16.6. The van der Waals surface area contributed by atoms with Gasteiger partial charge in [-0.2, -0.15) is 13.2 Å². The summed E-state index contributed by atoms with van der Waals surface area (Å²) in [6, 6.07) is 6.63. The molecule has 0 bridgehead atoms. The highest BCUT2D eigenvalue weighted by molar-refractivity contribution is 5.94. The van der Waals surface area contributed by atoms with Gasteiger partial charge in [-0.05, 0) is 43.2 Å². The Balaban J connectivity index is 1.46. The first-order chi connectivity index (χ1) is 15.3. The molecule has 8 nitrogen and oxygen atoms in total. The minimum atomic E-state index is -4.52. The molecule has 3 aromatic rings. The maximum atomic E-state index is 13.1. The Bertz CT molecular complexity index is 1070. The van der Waals surface area contributed by atoms with E-state index in [1.165, 1.54) is 13.2 Å². The summed E-state index contributed by atoms with van der Waals surface area (Å²) >= 11 is 0. The van der Waals surface area contributed by atoms with Crippen LogP contribution in [0.5, 0.6) is 5.75 Å². The third-order valence-corrected chi connectivity index (χ3v) is 5.31. The Morgan fingerprint density at radius 2 is 1.97 bits per heavy atom. The molecule has 1 atom stereocenters. The largest absolute Gasteiger partial charge is 0.495 e. The van der Waals surface area contributed by atoms with E-state index in [-0.39, 0.29) is 17.3 Å². The van der Waals surface area contributed by atoms with Crippen molar-refractivity contribution >= 4 is 17.4 Å². The van der Waals surface area contributed by atoms with Crippen molar-refractivity contribution in [3.05, 3.63) is 54.6 Å². The van der Waals surface area contributed by atoms with Gasteiger partial charge in [0.2, 0.25) is 5.91 Å². The van der Waals surface area contributed by atoms with Crippen molar-refractivity contribution in [3.63, 3.8) is 0 Å². The van der Waals surface area contributed by atoms with Gasteiger partial charge in [-0.3, -0.25) is 9.36 Å². The van der Waals surface area contributed by atoms with E-state index < -0.39 is 17.7 Å². The lowest BCUT2D eigenvalue weighted by atomic mass is 9.97. The van der Waals surface area contributed by atoms with Crippen molar-refractivity contribution in [2.45, 2.75) is 19.0 Å². The number of hydrogen-bond donors (Lipinski definition) is 1. The van der Waals surface area contributed by atoms with Gasteiger partial charge in [0.15, 0.2) is 11.6 Å². The standard InChI is InChI=1S/C21H21F3N6O2/c1-32-17-5-4-15(21(22,23)24)11-16(17)26-20(31)14-3-2-9-29(12-14)18-6-7-19(28-27-18)30-10-8-25-13-30/h4-8,10-11,13-14H,2-3,9,12H2,1H3,(H,26,31)/t14-/m0/s1. The molecule has 0 aliphatic carbocycles. The minimum Gasteiger partial charge on any atom is -0.495 e. The Morgan fingerprint density at radius 3 is 2.62 bits per heavy atom. The number of nitrogens with one attached hydrogen (secondary N) is 1. The Morgan fingerprint density at radius 1 is 1.19 bits per heavy atom. The summed E-state index contributed by atoms with van der Waals surface area (Å²) in [5.74, 6) is 0.630. The van der Waals surface area contributed by atoms with Crippen molar-refractivity contribution in [2.24, 2.45) is 5.92 Å². The van der Waals surface area contributed by atoms with Crippen LogP contribution in [0.2, 0.25) is 0 Å². The molecule has 1 saturated heterocycles. The average molecular weight is 446 g/mol. The number of nitrogens with zero attached hydrogens (tertiary/aromatic N) is 5. The Labute approximate surface area is 182 Å². The Hall–Kier alpha value is -3.63. The molecule has 4 rings (SSSR count). The van der Waals surface area contributed by atoms with Crippen LogP contribution in [-0.4, -0.2) is 45.9 Å². The van der Waals surface area contributed by atoms with Gasteiger partial charge >= 0.3 is 6.18 Å². The maximum absolute atomic E-state index is 13.1. The second kappa shape index (κ2) is 8.85. The molecule has 1 aromatic carbocycles. The first kappa shape index (κ1) is 21.6. The molecule has 1 N–H and O–H groups in total. The number of aromatic nitrogens is 4. The van der Waals surface area contributed by atoms with Crippen molar-refractivity contribution < 1.29 is 22.7 Å². The monoisotopic (exact) mass is 446 g/mol. The summed E-state index contributed by atoms with van der Waals surface area (Å²) in [5, 5.41) is 11.1. The molecular formula is C21H21F3N6O2. The summed E-state index contributed by atoms with van der Waals surface area (Å²) in [6.07, 6.45) is 1.85. The fourth-order valence-corrected chi connectivity index (χ4v) is 3.64. The van der Waals surface area contributed by atoms with Crippen LogP contribution in [0.1, 0.15) is 18.4 Å². The molecule has 0 radical (unpaired) electrons. The van der Waals surface area contributed by atoms with E-state index in [0.29, 0.717) is 31.1 Å². The number of hydrogen-bond acceptors (Lipinski definition) is 6. The average Bonchev–Trinajstić information content (AvgIpc) is 3.34. The fourth-order valence-electron chi connectivity index (χ4n) is 3.64. The fraction of sp³-hybridized carbons (Fsp3) is 0.333. The number of halogens is 3. The van der Waals surface area contributed by atoms with Gasteiger partial charge in [0.05, 0.1) is 24.3 Å². The van der Waals surface area contributed by atoms with Gasteiger partial charge in [-0.25, -0.2) is 4.98 Å². The molecule has 1 aliphatic rings. The van der Waals surface area contributed by atoms with E-state index >= 15 is 0 Å². The zero-order valence-corrected chi connectivity index (χ0v) is 17.2. The summed E-state index contributed by atoms with van der Waals surface area (Å²) in [4.78, 5) is 18.8. The molecule has 0 saturated carbocycles. The molecule has 1 amide bonds. The van der Waals surface area contributed by atoms with Crippen LogP contribution >= 0.6 is 0 Å². The van der Waals surface area contributed by atoms with Gasteiger partial charge in [-0.1, -0.05) is 0 Å². The van der Waals surface area contributed by atoms with E-state index in [1.54, 1.807) is 29.4 Å². The number of methoxy groups -OCH3 is 1. The molecule has 0 unspecified atom stereocenters. The van der Waals surface area contributed by atoms with Crippen molar-refractivity contribution in [1.29, 1.82) is 0 Å². The molecular weight excluding hydrogens is 425 g/mol. The van der Waals surface area contributed by atoms with Crippen LogP contribution in [0.3, 0.4) is 0 Å². The number of alkyl halides is 3. The van der Waals surface area contributed by atoms with E-state index in [1.807, 2.05) is 11.0 Å².